The molecule has 0 saturated carbocycles. The number of carbonyl (C=O) groups is 1. The third kappa shape index (κ3) is 3.39. The van der Waals surface area contributed by atoms with Gasteiger partial charge in [-0.1, -0.05) is 23.2 Å². The van der Waals surface area contributed by atoms with Crippen LogP contribution in [0.25, 0.3) is 0 Å². The predicted molar refractivity (Wildman–Crippen MR) is 71.1 cm³/mol. The van der Waals surface area contributed by atoms with Gasteiger partial charge in [-0.15, -0.1) is 0 Å². The van der Waals surface area contributed by atoms with E-state index in [-0.39, 0.29) is 21.8 Å². The summed E-state index contributed by atoms with van der Waals surface area (Å²) in [6, 6.07) is 5.56. The van der Waals surface area contributed by atoms with Gasteiger partial charge in [-0.3, -0.25) is 4.79 Å². The van der Waals surface area contributed by atoms with Gasteiger partial charge in [0.2, 0.25) is 5.28 Å². The largest absolute Gasteiger partial charge is 0.306 e. The Balaban J connectivity index is 2.28. The molecular formula is C12H8Cl2FN3O. The van der Waals surface area contributed by atoms with Crippen molar-refractivity contribution in [2.24, 2.45) is 0 Å². The molecule has 0 atom stereocenters. The SMILES string of the molecule is Cc1ccc(F)c(C(=O)Nc2cc(Cl)nc(Cl)n2)c1. The molecule has 2 aromatic rings. The molecule has 0 unspecified atom stereocenters. The molecule has 0 aliphatic carbocycles. The normalized spacial score (nSPS) is 10.3. The Kier molecular flexibility index (Phi) is 3.97. The number of nitrogens with one attached hydrogen (secondary N) is 1. The maximum atomic E-state index is 13.5. The van der Waals surface area contributed by atoms with Crippen LogP contribution >= 0.6 is 23.2 Å². The molecule has 1 amide bonds. The van der Waals surface area contributed by atoms with Gasteiger partial charge in [-0.05, 0) is 30.7 Å². The molecule has 98 valence electrons. The van der Waals surface area contributed by atoms with Crippen molar-refractivity contribution in [2.45, 2.75) is 6.92 Å². The molecule has 1 N–H and O–H groups in total. The number of aromatic nitrogens is 2. The first-order chi connectivity index (χ1) is 8.95. The van der Waals surface area contributed by atoms with Gasteiger partial charge >= 0.3 is 0 Å². The van der Waals surface area contributed by atoms with Crippen molar-refractivity contribution in [3.8, 4) is 0 Å². The van der Waals surface area contributed by atoms with E-state index in [1.54, 1.807) is 13.0 Å². The van der Waals surface area contributed by atoms with Crippen molar-refractivity contribution >= 4 is 34.9 Å². The van der Waals surface area contributed by atoms with E-state index in [1.165, 1.54) is 18.2 Å². The quantitative estimate of drug-likeness (QED) is 0.682. The van der Waals surface area contributed by atoms with E-state index in [1.807, 2.05) is 0 Å². The van der Waals surface area contributed by atoms with E-state index in [0.29, 0.717) is 0 Å². The summed E-state index contributed by atoms with van der Waals surface area (Å²) in [5.41, 5.74) is 0.691. The van der Waals surface area contributed by atoms with E-state index in [0.717, 1.165) is 5.56 Å². The zero-order valence-corrected chi connectivity index (χ0v) is 11.3. The molecule has 0 aliphatic rings. The van der Waals surface area contributed by atoms with E-state index in [4.69, 9.17) is 23.2 Å². The van der Waals surface area contributed by atoms with Crippen LogP contribution in [0.15, 0.2) is 24.3 Å². The van der Waals surface area contributed by atoms with Gasteiger partial charge in [-0.25, -0.2) is 14.4 Å². The van der Waals surface area contributed by atoms with E-state index in [2.05, 4.69) is 15.3 Å². The lowest BCUT2D eigenvalue weighted by Crippen LogP contribution is -2.15. The third-order valence-electron chi connectivity index (χ3n) is 2.28. The minimum absolute atomic E-state index is 0.0779. The Bertz CT molecular complexity index is 629. The van der Waals surface area contributed by atoms with Crippen LogP contribution in [0.3, 0.4) is 0 Å². The number of nitrogens with zero attached hydrogens (tertiary/aromatic N) is 2. The standard InChI is InChI=1S/C12H8Cl2FN3O/c1-6-2-3-8(15)7(4-6)11(19)17-10-5-9(13)16-12(14)18-10/h2-5H,1H3,(H,16,17,18,19). The number of amides is 1. The zero-order valence-electron chi connectivity index (χ0n) is 9.75. The molecule has 0 saturated heterocycles. The van der Waals surface area contributed by atoms with E-state index in [9.17, 15) is 9.18 Å². The summed E-state index contributed by atoms with van der Waals surface area (Å²) >= 11 is 11.3. The van der Waals surface area contributed by atoms with Gasteiger partial charge in [-0.2, -0.15) is 0 Å². The number of benzene rings is 1. The summed E-state index contributed by atoms with van der Waals surface area (Å²) in [4.78, 5) is 19.3. The van der Waals surface area contributed by atoms with Crippen molar-refractivity contribution in [3.63, 3.8) is 0 Å². The van der Waals surface area contributed by atoms with Crippen LogP contribution in [0.4, 0.5) is 10.2 Å². The Hall–Kier alpha value is -1.72. The lowest BCUT2D eigenvalue weighted by molar-refractivity contribution is 0.102. The first kappa shape index (κ1) is 13.7. The second-order valence-corrected chi connectivity index (χ2v) is 4.51. The fraction of sp³-hybridized carbons (Fsp3) is 0.0833. The average molecular weight is 300 g/mol. The maximum absolute atomic E-state index is 13.5. The van der Waals surface area contributed by atoms with Crippen LogP contribution in [0.5, 0.6) is 0 Å². The molecule has 0 fully saturated rings. The summed E-state index contributed by atoms with van der Waals surface area (Å²) in [5, 5.41) is 2.39. The Morgan fingerprint density at radius 1 is 1.26 bits per heavy atom. The highest BCUT2D eigenvalue weighted by molar-refractivity contribution is 6.32. The molecule has 4 nitrogen and oxygen atoms in total. The smallest absolute Gasteiger partial charge is 0.259 e. The van der Waals surface area contributed by atoms with Gasteiger partial charge in [0.25, 0.3) is 5.91 Å². The average Bonchev–Trinajstić information content (AvgIpc) is 2.30. The summed E-state index contributed by atoms with van der Waals surface area (Å²) in [6.45, 7) is 1.76. The summed E-state index contributed by atoms with van der Waals surface area (Å²) < 4.78 is 13.5. The molecule has 0 aliphatic heterocycles. The number of rotatable bonds is 2. The minimum Gasteiger partial charge on any atom is -0.306 e. The fourth-order valence-electron chi connectivity index (χ4n) is 1.45. The van der Waals surface area contributed by atoms with Crippen LogP contribution in [0.1, 0.15) is 15.9 Å². The molecule has 0 radical (unpaired) electrons. The van der Waals surface area contributed by atoms with Crippen LogP contribution in [-0.4, -0.2) is 15.9 Å². The molecule has 7 heteroatoms. The topological polar surface area (TPSA) is 54.9 Å². The monoisotopic (exact) mass is 299 g/mol. The second kappa shape index (κ2) is 5.50. The molecule has 0 bridgehead atoms. The number of hydrogen-bond donors (Lipinski definition) is 1. The summed E-state index contributed by atoms with van der Waals surface area (Å²) in [6.07, 6.45) is 0. The Labute approximate surface area is 118 Å². The molecule has 1 heterocycles. The van der Waals surface area contributed by atoms with Gasteiger partial charge in [0.1, 0.15) is 16.8 Å². The lowest BCUT2D eigenvalue weighted by Gasteiger charge is -2.06. The van der Waals surface area contributed by atoms with Crippen molar-refractivity contribution in [2.75, 3.05) is 5.32 Å². The lowest BCUT2D eigenvalue weighted by atomic mass is 10.1. The van der Waals surface area contributed by atoms with Crippen LogP contribution in [-0.2, 0) is 0 Å². The Morgan fingerprint density at radius 2 is 2.00 bits per heavy atom. The van der Waals surface area contributed by atoms with Crippen LogP contribution in [0.2, 0.25) is 10.4 Å². The van der Waals surface area contributed by atoms with Gasteiger partial charge < -0.3 is 5.32 Å². The van der Waals surface area contributed by atoms with Crippen molar-refractivity contribution in [1.82, 2.24) is 9.97 Å². The van der Waals surface area contributed by atoms with E-state index < -0.39 is 11.7 Å². The zero-order chi connectivity index (χ0) is 14.0. The number of aryl methyl sites for hydroxylation is 1. The third-order valence-corrected chi connectivity index (χ3v) is 2.64. The molecule has 0 spiro atoms. The number of anilines is 1. The van der Waals surface area contributed by atoms with Gasteiger partial charge in [0.15, 0.2) is 0 Å². The summed E-state index contributed by atoms with van der Waals surface area (Å²) in [5.74, 6) is -1.14. The highest BCUT2D eigenvalue weighted by Crippen LogP contribution is 2.16. The summed E-state index contributed by atoms with van der Waals surface area (Å²) in [7, 11) is 0. The molecule has 19 heavy (non-hydrogen) atoms. The fourth-order valence-corrected chi connectivity index (χ4v) is 1.86. The molecule has 1 aromatic heterocycles. The van der Waals surface area contributed by atoms with Crippen molar-refractivity contribution in [1.29, 1.82) is 0 Å². The van der Waals surface area contributed by atoms with Crippen LogP contribution < -0.4 is 5.32 Å². The Morgan fingerprint density at radius 3 is 2.68 bits per heavy atom. The predicted octanol–water partition coefficient (Wildman–Crippen LogP) is 3.48. The number of hydrogen-bond acceptors (Lipinski definition) is 3. The highest BCUT2D eigenvalue weighted by Gasteiger charge is 2.13. The molecule has 1 aromatic carbocycles. The second-order valence-electron chi connectivity index (χ2n) is 3.78. The highest BCUT2D eigenvalue weighted by atomic mass is 35.5. The van der Waals surface area contributed by atoms with E-state index >= 15 is 0 Å². The first-order valence-corrected chi connectivity index (χ1v) is 5.99. The number of halogens is 3. The van der Waals surface area contributed by atoms with Crippen molar-refractivity contribution in [3.05, 3.63) is 51.6 Å². The van der Waals surface area contributed by atoms with Crippen molar-refractivity contribution < 1.29 is 9.18 Å². The van der Waals surface area contributed by atoms with Gasteiger partial charge in [0.05, 0.1) is 5.56 Å². The van der Waals surface area contributed by atoms with Crippen LogP contribution in [0, 0.1) is 12.7 Å². The minimum atomic E-state index is -0.632. The number of carbonyl (C=O) groups excluding carboxylic acids is 1. The maximum Gasteiger partial charge on any atom is 0.259 e. The van der Waals surface area contributed by atoms with Gasteiger partial charge in [0, 0.05) is 6.07 Å². The molecular weight excluding hydrogens is 292 g/mol. The molecule has 2 rings (SSSR count). The first-order valence-electron chi connectivity index (χ1n) is 5.23.